The molecule has 0 fully saturated rings. The van der Waals surface area contributed by atoms with Crippen molar-refractivity contribution in [2.24, 2.45) is 5.10 Å². The van der Waals surface area contributed by atoms with Crippen molar-refractivity contribution in [1.82, 2.24) is 5.43 Å². The van der Waals surface area contributed by atoms with Crippen LogP contribution in [0.5, 0.6) is 5.75 Å². The molecule has 1 amide bonds. The fourth-order valence-corrected chi connectivity index (χ4v) is 5.63. The summed E-state index contributed by atoms with van der Waals surface area (Å²) in [7, 11) is 0. The number of hydrazone groups is 1. The molecule has 1 N–H and O–H groups in total. The number of nitrogens with one attached hydrogen (secondary N) is 1. The summed E-state index contributed by atoms with van der Waals surface area (Å²) in [6.45, 7) is 0.498. The smallest absolute Gasteiger partial charge is 0.240 e. The van der Waals surface area contributed by atoms with E-state index in [4.69, 9.17) is 4.74 Å². The van der Waals surface area contributed by atoms with Crippen molar-refractivity contribution in [2.75, 3.05) is 0 Å². The van der Waals surface area contributed by atoms with Gasteiger partial charge in [-0.15, -0.1) is 0 Å². The Labute approximate surface area is 220 Å². The zero-order valence-corrected chi connectivity index (χ0v) is 22.1. The predicted molar refractivity (Wildman–Crippen MR) is 151 cm³/mol. The van der Waals surface area contributed by atoms with Crippen LogP contribution in [0.25, 0.3) is 10.8 Å². The summed E-state index contributed by atoms with van der Waals surface area (Å²) in [5.41, 5.74) is 5.81. The molecule has 0 spiro atoms. The maximum atomic E-state index is 12.1. The molecule has 6 heteroatoms. The number of hydrogen-bond donors (Lipinski definition) is 1. The van der Waals surface area contributed by atoms with Gasteiger partial charge < -0.3 is 4.74 Å². The first-order valence-electron chi connectivity index (χ1n) is 10.5. The second-order valence-electron chi connectivity index (χ2n) is 7.52. The lowest BCUT2D eigenvalue weighted by molar-refractivity contribution is -0.121. The second-order valence-corrected chi connectivity index (χ2v) is 9.84. The molecule has 0 bridgehead atoms. The molecule has 0 saturated carbocycles. The minimum absolute atomic E-state index is 0.102. The fourth-order valence-electron chi connectivity index (χ4n) is 3.50. The highest BCUT2D eigenvalue weighted by Crippen LogP contribution is 2.30. The van der Waals surface area contributed by atoms with E-state index in [2.05, 4.69) is 86.0 Å². The van der Waals surface area contributed by atoms with Crippen LogP contribution in [0, 0.1) is 7.14 Å². The first-order chi connectivity index (χ1) is 16.1. The van der Waals surface area contributed by atoms with Gasteiger partial charge in [-0.25, -0.2) is 5.43 Å². The Morgan fingerprint density at radius 1 is 0.909 bits per heavy atom. The van der Waals surface area contributed by atoms with Gasteiger partial charge in [0, 0.05) is 6.42 Å². The highest BCUT2D eigenvalue weighted by molar-refractivity contribution is 14.1. The number of aryl methyl sites for hydroxylation is 1. The van der Waals surface area contributed by atoms with E-state index >= 15 is 0 Å². The molecular formula is C27H22I2N2O2. The van der Waals surface area contributed by atoms with E-state index in [9.17, 15) is 4.79 Å². The Morgan fingerprint density at radius 3 is 2.39 bits per heavy atom. The van der Waals surface area contributed by atoms with Crippen LogP contribution in [-0.2, 0) is 17.8 Å². The minimum Gasteiger partial charge on any atom is -0.487 e. The molecule has 4 rings (SSSR count). The first kappa shape index (κ1) is 23.7. The SMILES string of the molecule is O=C(CCc1ccccc1)N/N=C\c1cc(I)c(OCc2cccc3ccccc23)c(I)c1. The predicted octanol–water partition coefficient (Wildman–Crippen LogP) is 6.71. The maximum absolute atomic E-state index is 12.1. The molecule has 4 aromatic carbocycles. The molecule has 4 nitrogen and oxygen atoms in total. The van der Waals surface area contributed by atoms with Crippen molar-refractivity contribution < 1.29 is 9.53 Å². The van der Waals surface area contributed by atoms with Crippen LogP contribution in [0.2, 0.25) is 0 Å². The van der Waals surface area contributed by atoms with Crippen molar-refractivity contribution in [3.05, 3.63) is 109 Å². The van der Waals surface area contributed by atoms with Crippen LogP contribution in [0.15, 0.2) is 90.0 Å². The Kier molecular flexibility index (Phi) is 8.33. The molecule has 0 unspecified atom stereocenters. The van der Waals surface area contributed by atoms with Crippen molar-refractivity contribution >= 4 is 68.1 Å². The van der Waals surface area contributed by atoms with Gasteiger partial charge in [0.25, 0.3) is 0 Å². The Bertz CT molecular complexity index is 1260. The molecule has 0 aliphatic rings. The van der Waals surface area contributed by atoms with E-state index in [-0.39, 0.29) is 5.91 Å². The zero-order chi connectivity index (χ0) is 23.0. The number of rotatable bonds is 8. The highest BCUT2D eigenvalue weighted by Gasteiger charge is 2.10. The molecule has 0 aliphatic carbocycles. The summed E-state index contributed by atoms with van der Waals surface area (Å²) < 4.78 is 8.20. The zero-order valence-electron chi connectivity index (χ0n) is 17.8. The highest BCUT2D eigenvalue weighted by atomic mass is 127. The molecular weight excluding hydrogens is 638 g/mol. The third-order valence-corrected chi connectivity index (χ3v) is 6.76. The summed E-state index contributed by atoms with van der Waals surface area (Å²) in [5, 5.41) is 6.54. The number of carbonyl (C=O) groups is 1. The largest absolute Gasteiger partial charge is 0.487 e. The summed E-state index contributed by atoms with van der Waals surface area (Å²) in [6, 6.07) is 28.6. The van der Waals surface area contributed by atoms with Gasteiger partial charge >= 0.3 is 0 Å². The van der Waals surface area contributed by atoms with Gasteiger partial charge in [-0.3, -0.25) is 4.79 Å². The van der Waals surface area contributed by atoms with Crippen LogP contribution in [-0.4, -0.2) is 12.1 Å². The third kappa shape index (κ3) is 6.54. The van der Waals surface area contributed by atoms with Gasteiger partial charge in [0.15, 0.2) is 0 Å². The molecule has 0 saturated heterocycles. The summed E-state index contributed by atoms with van der Waals surface area (Å²) in [4.78, 5) is 12.1. The van der Waals surface area contributed by atoms with Crippen LogP contribution in [0.3, 0.4) is 0 Å². The van der Waals surface area contributed by atoms with Crippen molar-refractivity contribution in [1.29, 1.82) is 0 Å². The van der Waals surface area contributed by atoms with E-state index < -0.39 is 0 Å². The molecule has 0 heterocycles. The van der Waals surface area contributed by atoms with Crippen LogP contribution >= 0.6 is 45.2 Å². The average molecular weight is 660 g/mol. The van der Waals surface area contributed by atoms with Gasteiger partial charge in [0.05, 0.1) is 13.4 Å². The van der Waals surface area contributed by atoms with Gasteiger partial charge in [-0.1, -0.05) is 72.8 Å². The lowest BCUT2D eigenvalue weighted by Crippen LogP contribution is -2.17. The summed E-state index contributed by atoms with van der Waals surface area (Å²) in [5.74, 6) is 0.753. The Morgan fingerprint density at radius 2 is 1.61 bits per heavy atom. The Hall–Kier alpha value is -2.46. The van der Waals surface area contributed by atoms with E-state index in [1.807, 2.05) is 54.6 Å². The second kappa shape index (κ2) is 11.6. The van der Waals surface area contributed by atoms with Gasteiger partial charge in [-0.05, 0) is 91.2 Å². The van der Waals surface area contributed by atoms with E-state index in [1.54, 1.807) is 6.21 Å². The van der Waals surface area contributed by atoms with E-state index in [0.717, 1.165) is 29.6 Å². The summed E-state index contributed by atoms with van der Waals surface area (Å²) >= 11 is 4.56. The lowest BCUT2D eigenvalue weighted by Gasteiger charge is -2.13. The first-order valence-corrected chi connectivity index (χ1v) is 12.7. The number of fused-ring (bicyclic) bond motifs is 1. The number of amides is 1. The lowest BCUT2D eigenvalue weighted by atomic mass is 10.1. The van der Waals surface area contributed by atoms with Gasteiger partial charge in [0.2, 0.25) is 5.91 Å². The number of ether oxygens (including phenoxy) is 1. The molecule has 0 aliphatic heterocycles. The maximum Gasteiger partial charge on any atom is 0.240 e. The number of halogens is 2. The van der Waals surface area contributed by atoms with Crippen molar-refractivity contribution in [3.8, 4) is 5.75 Å². The van der Waals surface area contributed by atoms with Crippen molar-refractivity contribution in [3.63, 3.8) is 0 Å². The van der Waals surface area contributed by atoms with Gasteiger partial charge in [0.1, 0.15) is 12.4 Å². The fraction of sp³-hybridized carbons (Fsp3) is 0.111. The number of benzene rings is 4. The molecule has 4 aromatic rings. The minimum atomic E-state index is -0.102. The standard InChI is InChI=1S/C27H22I2N2O2/c28-24-15-20(17-30-31-26(32)14-13-19-7-2-1-3-8-19)16-25(29)27(24)33-18-22-11-6-10-21-9-4-5-12-23(21)22/h1-12,15-17H,13-14,18H2,(H,31,32)/b30-17-. The number of carbonyl (C=O) groups excluding carboxylic acids is 1. The van der Waals surface area contributed by atoms with Crippen molar-refractivity contribution in [2.45, 2.75) is 19.4 Å². The quantitative estimate of drug-likeness (QED) is 0.130. The number of hydrogen-bond acceptors (Lipinski definition) is 3. The molecule has 166 valence electrons. The van der Waals surface area contributed by atoms with Gasteiger partial charge in [-0.2, -0.15) is 5.10 Å². The molecule has 0 atom stereocenters. The topological polar surface area (TPSA) is 50.7 Å². The third-order valence-electron chi connectivity index (χ3n) is 5.16. The van der Waals surface area contributed by atoms with Crippen LogP contribution < -0.4 is 10.2 Å². The summed E-state index contributed by atoms with van der Waals surface area (Å²) in [6.07, 6.45) is 2.76. The van der Waals surface area contributed by atoms with Crippen LogP contribution in [0.1, 0.15) is 23.1 Å². The van der Waals surface area contributed by atoms with E-state index in [0.29, 0.717) is 19.4 Å². The van der Waals surface area contributed by atoms with E-state index in [1.165, 1.54) is 10.8 Å². The average Bonchev–Trinajstić information content (AvgIpc) is 2.83. The Balaban J connectivity index is 1.36. The molecule has 0 radical (unpaired) electrons. The molecule has 33 heavy (non-hydrogen) atoms. The molecule has 0 aromatic heterocycles. The normalized spacial score (nSPS) is 11.1. The van der Waals surface area contributed by atoms with Crippen LogP contribution in [0.4, 0.5) is 0 Å². The number of nitrogens with zero attached hydrogens (tertiary/aromatic N) is 1. The monoisotopic (exact) mass is 660 g/mol.